The Labute approximate surface area is 154 Å². The molecule has 2 unspecified atom stereocenters. The van der Waals surface area contributed by atoms with Gasteiger partial charge in [-0.25, -0.2) is 8.42 Å². The van der Waals surface area contributed by atoms with Gasteiger partial charge in [0.25, 0.3) is 0 Å². The number of nitrogens with zero attached hydrogens (tertiary/aromatic N) is 1. The molecule has 2 atom stereocenters. The summed E-state index contributed by atoms with van der Waals surface area (Å²) in [5, 5.41) is 20.6. The Bertz CT molecular complexity index is 796. The monoisotopic (exact) mass is 345 g/mol. The molecule has 0 spiro atoms. The quantitative estimate of drug-likeness (QED) is 0.479. The van der Waals surface area contributed by atoms with Crippen LogP contribution in [0.15, 0.2) is 41.3 Å². The van der Waals surface area contributed by atoms with Crippen LogP contribution in [0.5, 0.6) is 0 Å². The van der Waals surface area contributed by atoms with Crippen LogP contribution in [0.4, 0.5) is 5.69 Å². The molecule has 0 saturated carbocycles. The summed E-state index contributed by atoms with van der Waals surface area (Å²) in [5.74, 6) is 0. The van der Waals surface area contributed by atoms with E-state index < -0.39 is 22.3 Å². The Kier molecular flexibility index (Phi) is 7.29. The van der Waals surface area contributed by atoms with Crippen LogP contribution in [0.25, 0.3) is 10.8 Å². The molecule has 8 heteroatoms. The van der Waals surface area contributed by atoms with Crippen LogP contribution in [-0.2, 0) is 10.1 Å². The van der Waals surface area contributed by atoms with E-state index >= 15 is 0 Å². The predicted molar refractivity (Wildman–Crippen MR) is 87.5 cm³/mol. The summed E-state index contributed by atoms with van der Waals surface area (Å²) in [6.45, 7) is 1.96. The van der Waals surface area contributed by atoms with Crippen LogP contribution < -0.4 is 23.8 Å². The van der Waals surface area contributed by atoms with Gasteiger partial charge in [0.1, 0.15) is 10.1 Å². The molecule has 2 N–H and O–H groups in total. The van der Waals surface area contributed by atoms with E-state index in [1.54, 1.807) is 43.1 Å². The molecule has 126 valence electrons. The molecule has 0 aliphatic heterocycles. The van der Waals surface area contributed by atoms with Crippen LogP contribution in [0.3, 0.4) is 0 Å². The summed E-state index contributed by atoms with van der Waals surface area (Å²) in [5.41, 5.74) is 0.676. The fourth-order valence-electron chi connectivity index (χ4n) is 2.58. The fraction of sp³-hybridized carbons (Fsp3) is 0.375. The van der Waals surface area contributed by atoms with E-state index in [1.165, 1.54) is 12.1 Å². The molecule has 2 rings (SSSR count). The van der Waals surface area contributed by atoms with Crippen LogP contribution >= 0.6 is 0 Å². The Morgan fingerprint density at radius 2 is 1.67 bits per heavy atom. The van der Waals surface area contributed by atoms with Gasteiger partial charge >= 0.3 is 18.9 Å². The van der Waals surface area contributed by atoms with Gasteiger partial charge in [-0.1, -0.05) is 31.2 Å². The summed E-state index contributed by atoms with van der Waals surface area (Å²) in [6.07, 6.45) is -1.32. The van der Waals surface area contributed by atoms with Crippen LogP contribution in [0.1, 0.15) is 13.3 Å². The second kappa shape index (κ2) is 8.34. The first-order valence-electron chi connectivity index (χ1n) is 7.30. The van der Waals surface area contributed by atoms with E-state index in [9.17, 15) is 23.2 Å². The van der Waals surface area contributed by atoms with Crippen molar-refractivity contribution in [1.29, 1.82) is 0 Å². The number of hydrogen-bond donors (Lipinski definition) is 2. The zero-order valence-corrected chi connectivity index (χ0v) is 14.8. The van der Waals surface area contributed by atoms with Crippen LogP contribution in [0, 0.1) is 0 Å². The average molecular weight is 345 g/mol. The molecule has 0 amide bonds. The summed E-state index contributed by atoms with van der Waals surface area (Å²) >= 11 is 0. The molecular weight excluding hydrogens is 325 g/mol. The second-order valence-electron chi connectivity index (χ2n) is 5.51. The molecule has 0 heterocycles. The first-order chi connectivity index (χ1) is 10.8. The van der Waals surface area contributed by atoms with E-state index in [4.69, 9.17) is 0 Å². The van der Waals surface area contributed by atoms with Gasteiger partial charge in [-0.15, -0.1) is 0 Å². The van der Waals surface area contributed by atoms with Gasteiger partial charge < -0.3 is 19.7 Å². The third-order valence-electron chi connectivity index (χ3n) is 3.86. The van der Waals surface area contributed by atoms with Crippen LogP contribution in [-0.4, -0.2) is 49.0 Å². The van der Waals surface area contributed by atoms with E-state index in [2.05, 4.69) is 0 Å². The Hall–Kier alpha value is -1.07. The molecular formula is C16H20LiNO5S. The molecule has 0 bridgehead atoms. The number of aliphatic hydroxyl groups is 2. The van der Waals surface area contributed by atoms with Crippen molar-refractivity contribution < 1.29 is 42.0 Å². The maximum absolute atomic E-state index is 11.4. The number of aliphatic hydroxyl groups excluding tert-OH is 2. The van der Waals surface area contributed by atoms with Crippen molar-refractivity contribution in [2.24, 2.45) is 0 Å². The van der Waals surface area contributed by atoms with Crippen LogP contribution in [0.2, 0.25) is 0 Å². The number of rotatable bonds is 6. The zero-order chi connectivity index (χ0) is 17.2. The topological polar surface area (TPSA) is 101 Å². The first kappa shape index (κ1) is 21.0. The van der Waals surface area contributed by atoms with Gasteiger partial charge in [0.2, 0.25) is 0 Å². The molecule has 24 heavy (non-hydrogen) atoms. The van der Waals surface area contributed by atoms with Gasteiger partial charge in [-0.3, -0.25) is 0 Å². The van der Waals surface area contributed by atoms with Gasteiger partial charge in [0.15, 0.2) is 0 Å². The Morgan fingerprint density at radius 3 is 2.21 bits per heavy atom. The largest absolute Gasteiger partial charge is 1.00 e. The summed E-state index contributed by atoms with van der Waals surface area (Å²) in [6, 6.07) is 9.53. The maximum Gasteiger partial charge on any atom is 1.00 e. The second-order valence-corrected chi connectivity index (χ2v) is 6.85. The predicted octanol–water partition coefficient (Wildman–Crippen LogP) is -1.68. The molecule has 0 saturated heterocycles. The van der Waals surface area contributed by atoms with E-state index in [0.717, 1.165) is 0 Å². The molecule has 0 fully saturated rings. The standard InChI is InChI=1S/C16H21NO5S.Li/c1-3-14(18)15(19)10-17(2)13-8-9-16(23(20,21)22)12-7-5-4-6-11(12)13;/h4-9,14-15,18-19H,3,10H2,1-2H3,(H,20,21,22);/q;+1/p-1. The summed E-state index contributed by atoms with van der Waals surface area (Å²) in [7, 11) is -2.84. The number of hydrogen-bond acceptors (Lipinski definition) is 6. The van der Waals surface area contributed by atoms with Crippen molar-refractivity contribution in [3.05, 3.63) is 36.4 Å². The molecule has 0 aliphatic carbocycles. The van der Waals surface area contributed by atoms with Crippen molar-refractivity contribution in [2.75, 3.05) is 18.5 Å². The minimum absolute atomic E-state index is 0. The van der Waals surface area contributed by atoms with Gasteiger partial charge in [0, 0.05) is 30.1 Å². The van der Waals surface area contributed by atoms with E-state index in [0.29, 0.717) is 22.9 Å². The maximum atomic E-state index is 11.4. The first-order valence-corrected chi connectivity index (χ1v) is 8.71. The third kappa shape index (κ3) is 4.51. The molecule has 0 aliphatic rings. The summed E-state index contributed by atoms with van der Waals surface area (Å²) in [4.78, 5) is 1.46. The molecule has 6 nitrogen and oxygen atoms in total. The van der Waals surface area contributed by atoms with E-state index in [1.807, 2.05) is 0 Å². The molecule has 0 radical (unpaired) electrons. The minimum Gasteiger partial charge on any atom is -0.744 e. The van der Waals surface area contributed by atoms with Gasteiger partial charge in [-0.05, 0) is 18.6 Å². The number of fused-ring (bicyclic) bond motifs is 1. The van der Waals surface area contributed by atoms with Crippen molar-refractivity contribution in [2.45, 2.75) is 30.4 Å². The van der Waals surface area contributed by atoms with Crippen molar-refractivity contribution >= 4 is 26.6 Å². The molecule has 0 aromatic heterocycles. The van der Waals surface area contributed by atoms with Gasteiger partial charge in [-0.2, -0.15) is 0 Å². The van der Waals surface area contributed by atoms with Gasteiger partial charge in [0.05, 0.1) is 17.1 Å². The number of benzene rings is 2. The average Bonchev–Trinajstić information content (AvgIpc) is 2.51. The molecule has 2 aromatic rings. The van der Waals surface area contributed by atoms with Crippen molar-refractivity contribution in [3.8, 4) is 0 Å². The van der Waals surface area contributed by atoms with E-state index in [-0.39, 0.29) is 30.3 Å². The fourth-order valence-corrected chi connectivity index (χ4v) is 3.26. The molecule has 2 aromatic carbocycles. The number of likely N-dealkylation sites (N-methyl/N-ethyl adjacent to an activating group) is 1. The van der Waals surface area contributed by atoms with Crippen molar-refractivity contribution in [1.82, 2.24) is 0 Å². The Balaban J connectivity index is 0.00000288. The zero-order valence-electron chi connectivity index (χ0n) is 14.0. The SMILES string of the molecule is CCC(O)C(O)CN(C)c1ccc(S(=O)(=O)[O-])c2ccccc12.[Li+]. The third-order valence-corrected chi connectivity index (χ3v) is 4.76. The number of anilines is 1. The Morgan fingerprint density at radius 1 is 1.08 bits per heavy atom. The normalized spacial score (nSPS) is 14.0. The summed E-state index contributed by atoms with van der Waals surface area (Å²) < 4.78 is 34.2. The van der Waals surface area contributed by atoms with Crippen molar-refractivity contribution in [3.63, 3.8) is 0 Å². The smallest absolute Gasteiger partial charge is 0.744 e. The minimum atomic E-state index is -4.57.